The molecule has 1 heterocycles. The van der Waals surface area contributed by atoms with Gasteiger partial charge in [-0.15, -0.1) is 11.3 Å². The average Bonchev–Trinajstić information content (AvgIpc) is 2.59. The number of thiophene rings is 1. The quantitative estimate of drug-likeness (QED) is 0.421. The van der Waals surface area contributed by atoms with Crippen LogP contribution in [0.2, 0.25) is 0 Å². The molecule has 0 aliphatic rings. The smallest absolute Gasteiger partial charge is 0.143 e. The topological polar surface area (TPSA) is 17.1 Å². The molecular weight excluding hydrogens is 252 g/mol. The van der Waals surface area contributed by atoms with Crippen LogP contribution in [0, 0.1) is 20.8 Å². The molecule has 1 aromatic rings. The van der Waals surface area contributed by atoms with Crippen LogP contribution in [0.3, 0.4) is 0 Å². The molecule has 0 aliphatic carbocycles. The van der Waals surface area contributed by atoms with Gasteiger partial charge >= 0.3 is 0 Å². The first kappa shape index (κ1) is 15.4. The molecule has 0 N–H and O–H groups in total. The third-order valence-electron chi connectivity index (χ3n) is 2.90. The normalized spacial score (nSPS) is 13.2. The minimum absolute atomic E-state index is 0.799. The molecule has 0 fully saturated rings. The van der Waals surface area contributed by atoms with E-state index in [0.29, 0.717) is 0 Å². The second kappa shape index (κ2) is 7.70. The van der Waals surface area contributed by atoms with Gasteiger partial charge in [0.25, 0.3) is 0 Å². The molecule has 100 valence electrons. The molecule has 0 radical (unpaired) electrons. The van der Waals surface area contributed by atoms with Crippen LogP contribution in [0.25, 0.3) is 6.08 Å². The first-order valence-corrected chi connectivity index (χ1v) is 7.08. The predicted molar refractivity (Wildman–Crippen MR) is 85.7 cm³/mol. The first-order chi connectivity index (χ1) is 9.06. The zero-order valence-corrected chi connectivity index (χ0v) is 12.8. The van der Waals surface area contributed by atoms with Gasteiger partial charge in [0.05, 0.1) is 0 Å². The fraction of sp³-hybridized carbons (Fsp3) is 0.235. The molecule has 0 bridgehead atoms. The summed E-state index contributed by atoms with van der Waals surface area (Å²) in [5.41, 5.74) is 3.64. The summed E-state index contributed by atoms with van der Waals surface area (Å²) in [6.07, 6.45) is 14.3. The maximum Gasteiger partial charge on any atom is 0.143 e. The van der Waals surface area contributed by atoms with Crippen molar-refractivity contribution < 1.29 is 4.79 Å². The Morgan fingerprint density at radius 1 is 1.00 bits per heavy atom. The maximum absolute atomic E-state index is 10.2. The van der Waals surface area contributed by atoms with Crippen molar-refractivity contribution in [2.75, 3.05) is 0 Å². The van der Waals surface area contributed by atoms with Crippen molar-refractivity contribution >= 4 is 23.7 Å². The fourth-order valence-corrected chi connectivity index (χ4v) is 2.76. The molecular formula is C17H20OS. The van der Waals surface area contributed by atoms with Gasteiger partial charge < -0.3 is 0 Å². The van der Waals surface area contributed by atoms with Gasteiger partial charge in [0.1, 0.15) is 6.29 Å². The number of aldehydes is 1. The lowest BCUT2D eigenvalue weighted by Gasteiger charge is -1.93. The largest absolute Gasteiger partial charge is 0.299 e. The summed E-state index contributed by atoms with van der Waals surface area (Å²) in [4.78, 5) is 13.0. The number of carbonyl (C=O) groups excluding carboxylic acids is 1. The number of carbonyl (C=O) groups is 1. The second-order valence-electron chi connectivity index (χ2n) is 4.40. The van der Waals surface area contributed by atoms with E-state index in [1.54, 1.807) is 6.08 Å². The molecule has 0 saturated carbocycles. The van der Waals surface area contributed by atoms with Crippen LogP contribution >= 0.6 is 11.3 Å². The molecule has 0 spiro atoms. The van der Waals surface area contributed by atoms with Crippen LogP contribution in [0.4, 0.5) is 0 Å². The average molecular weight is 272 g/mol. The first-order valence-electron chi connectivity index (χ1n) is 6.26. The molecule has 1 nitrogen and oxygen atoms in total. The summed E-state index contributed by atoms with van der Waals surface area (Å²) in [5, 5.41) is 0. The standard InChI is InChI=1S/C17H20OS/c1-13(11-12-18)9-7-5-6-8-10-17-14(2)15(3)19-16(17)4/h5-12H,1-4H3/b6-5+,9-7+,10-8+,13-11+. The number of allylic oxidation sites excluding steroid dienone is 7. The molecule has 1 aromatic heterocycles. The van der Waals surface area contributed by atoms with E-state index in [-0.39, 0.29) is 0 Å². The van der Waals surface area contributed by atoms with Gasteiger partial charge in [-0.3, -0.25) is 4.79 Å². The zero-order chi connectivity index (χ0) is 14.3. The highest BCUT2D eigenvalue weighted by Gasteiger charge is 2.04. The van der Waals surface area contributed by atoms with E-state index in [0.717, 1.165) is 11.9 Å². The van der Waals surface area contributed by atoms with Gasteiger partial charge in [-0.1, -0.05) is 36.5 Å². The van der Waals surface area contributed by atoms with E-state index in [4.69, 9.17) is 0 Å². The van der Waals surface area contributed by atoms with Gasteiger partial charge in [0.15, 0.2) is 0 Å². The summed E-state index contributed by atoms with van der Waals surface area (Å²) >= 11 is 1.84. The van der Waals surface area contributed by atoms with Crippen LogP contribution < -0.4 is 0 Å². The number of aryl methyl sites for hydroxylation is 2. The van der Waals surface area contributed by atoms with Crippen molar-refractivity contribution in [1.29, 1.82) is 0 Å². The van der Waals surface area contributed by atoms with E-state index < -0.39 is 0 Å². The Morgan fingerprint density at radius 2 is 1.68 bits per heavy atom. The highest BCUT2D eigenvalue weighted by Crippen LogP contribution is 2.27. The Labute approximate surface area is 119 Å². The van der Waals surface area contributed by atoms with Crippen molar-refractivity contribution in [3.8, 4) is 0 Å². The van der Waals surface area contributed by atoms with Crippen molar-refractivity contribution in [3.63, 3.8) is 0 Å². The summed E-state index contributed by atoms with van der Waals surface area (Å²) < 4.78 is 0. The van der Waals surface area contributed by atoms with Gasteiger partial charge in [-0.05, 0) is 50.5 Å². The molecule has 0 atom stereocenters. The number of hydrogen-bond acceptors (Lipinski definition) is 2. The van der Waals surface area contributed by atoms with Crippen molar-refractivity contribution in [3.05, 3.63) is 62.9 Å². The number of rotatable bonds is 5. The monoisotopic (exact) mass is 272 g/mol. The lowest BCUT2D eigenvalue weighted by molar-refractivity contribution is -0.104. The minimum Gasteiger partial charge on any atom is -0.299 e. The van der Waals surface area contributed by atoms with Crippen LogP contribution in [0.15, 0.2) is 42.0 Å². The van der Waals surface area contributed by atoms with Crippen LogP contribution in [0.1, 0.15) is 27.8 Å². The lowest BCUT2D eigenvalue weighted by Crippen LogP contribution is -1.76. The Hall–Kier alpha value is -1.67. The Balaban J connectivity index is 2.64. The number of hydrogen-bond donors (Lipinski definition) is 0. The molecule has 2 heteroatoms. The van der Waals surface area contributed by atoms with E-state index in [2.05, 4.69) is 26.8 Å². The lowest BCUT2D eigenvalue weighted by atomic mass is 10.1. The Bertz CT molecular complexity index is 554. The highest BCUT2D eigenvalue weighted by atomic mass is 32.1. The molecule has 0 aromatic carbocycles. The SMILES string of the molecule is CC(/C=C/C=C/C=C/c1c(C)sc(C)c1C)=C\C=O. The Morgan fingerprint density at radius 3 is 2.26 bits per heavy atom. The third kappa shape index (κ3) is 4.84. The summed E-state index contributed by atoms with van der Waals surface area (Å²) in [7, 11) is 0. The zero-order valence-electron chi connectivity index (χ0n) is 11.9. The van der Waals surface area contributed by atoms with Crippen LogP contribution in [-0.4, -0.2) is 6.29 Å². The van der Waals surface area contributed by atoms with E-state index in [1.165, 1.54) is 20.9 Å². The summed E-state index contributed by atoms with van der Waals surface area (Å²) in [6, 6.07) is 0. The van der Waals surface area contributed by atoms with Gasteiger partial charge in [0, 0.05) is 9.75 Å². The van der Waals surface area contributed by atoms with Gasteiger partial charge in [-0.2, -0.15) is 0 Å². The molecule has 0 amide bonds. The molecule has 0 unspecified atom stereocenters. The van der Waals surface area contributed by atoms with E-state index >= 15 is 0 Å². The minimum atomic E-state index is 0.799. The molecule has 19 heavy (non-hydrogen) atoms. The van der Waals surface area contributed by atoms with Crippen molar-refractivity contribution in [2.45, 2.75) is 27.7 Å². The van der Waals surface area contributed by atoms with E-state index in [9.17, 15) is 4.79 Å². The summed E-state index contributed by atoms with van der Waals surface area (Å²) in [6.45, 7) is 8.37. The van der Waals surface area contributed by atoms with Crippen LogP contribution in [-0.2, 0) is 4.79 Å². The highest BCUT2D eigenvalue weighted by molar-refractivity contribution is 7.12. The molecule has 0 saturated heterocycles. The molecule has 1 rings (SSSR count). The van der Waals surface area contributed by atoms with Crippen molar-refractivity contribution in [2.24, 2.45) is 0 Å². The Kier molecular flexibility index (Phi) is 6.23. The predicted octanol–water partition coefficient (Wildman–Crippen LogP) is 4.94. The van der Waals surface area contributed by atoms with Gasteiger partial charge in [-0.25, -0.2) is 0 Å². The van der Waals surface area contributed by atoms with E-state index in [1.807, 2.05) is 48.6 Å². The van der Waals surface area contributed by atoms with Crippen LogP contribution in [0.5, 0.6) is 0 Å². The second-order valence-corrected chi connectivity index (χ2v) is 5.83. The maximum atomic E-state index is 10.2. The van der Waals surface area contributed by atoms with Gasteiger partial charge in [0.2, 0.25) is 0 Å². The van der Waals surface area contributed by atoms with Crippen molar-refractivity contribution in [1.82, 2.24) is 0 Å². The fourth-order valence-electron chi connectivity index (χ4n) is 1.71. The third-order valence-corrected chi connectivity index (χ3v) is 4.04. The summed E-state index contributed by atoms with van der Waals surface area (Å²) in [5.74, 6) is 0. The molecule has 0 aliphatic heterocycles.